The number of aliphatic hydroxyl groups excluding tert-OH is 1. The van der Waals surface area contributed by atoms with E-state index in [9.17, 15) is 19.5 Å². The van der Waals surface area contributed by atoms with Crippen molar-refractivity contribution >= 4 is 39.4 Å². The predicted octanol–water partition coefficient (Wildman–Crippen LogP) is 2.35. The minimum atomic E-state index is -1.20. The minimum absolute atomic E-state index is 0.171. The van der Waals surface area contributed by atoms with Crippen LogP contribution in [0.4, 0.5) is 5.69 Å². The molecule has 0 aromatic heterocycles. The number of alkyl halides is 1. The second-order valence-corrected chi connectivity index (χ2v) is 11.0. The smallest absolute Gasteiger partial charge is 0.312 e. The number of carbonyl (C=O) groups excluding carboxylic acids is 3. The van der Waals surface area contributed by atoms with Crippen molar-refractivity contribution in [1.82, 2.24) is 4.90 Å². The molecule has 0 aliphatic carbocycles. The third kappa shape index (κ3) is 4.34. The first-order chi connectivity index (χ1) is 16.7. The van der Waals surface area contributed by atoms with Crippen molar-refractivity contribution in [2.24, 2.45) is 17.8 Å². The van der Waals surface area contributed by atoms with Gasteiger partial charge >= 0.3 is 5.97 Å². The van der Waals surface area contributed by atoms with Gasteiger partial charge in [-0.15, -0.1) is 0 Å². The van der Waals surface area contributed by atoms with Crippen LogP contribution in [-0.4, -0.2) is 76.7 Å². The summed E-state index contributed by atoms with van der Waals surface area (Å²) in [6, 6.07) is 5.29. The van der Waals surface area contributed by atoms with E-state index in [1.807, 2.05) is 13.8 Å². The van der Waals surface area contributed by atoms with E-state index in [1.165, 1.54) is 4.90 Å². The Balaban J connectivity index is 1.75. The number of amides is 2. The van der Waals surface area contributed by atoms with Gasteiger partial charge in [0.15, 0.2) is 0 Å². The molecule has 4 rings (SSSR count). The van der Waals surface area contributed by atoms with E-state index in [1.54, 1.807) is 38.3 Å². The fourth-order valence-corrected chi connectivity index (χ4v) is 6.92. The lowest BCUT2D eigenvalue weighted by Crippen LogP contribution is -2.56. The van der Waals surface area contributed by atoms with Crippen LogP contribution < -0.4 is 10.1 Å². The number of halogens is 1. The monoisotopic (exact) mass is 552 g/mol. The molecule has 192 valence electrons. The first kappa shape index (κ1) is 25.9. The Kier molecular flexibility index (Phi) is 7.45. The molecule has 1 aromatic carbocycles. The predicted molar refractivity (Wildman–Crippen MR) is 131 cm³/mol. The summed E-state index contributed by atoms with van der Waals surface area (Å²) in [5, 5.41) is 13.2. The number of fused-ring (bicyclic) bond motifs is 1. The number of anilines is 1. The average Bonchev–Trinajstić information content (AvgIpc) is 3.41. The van der Waals surface area contributed by atoms with Gasteiger partial charge in [0, 0.05) is 10.5 Å². The SMILES string of the molecule is CCOC(=O)[C@H]1[C@H]2C(=O)N([C@@H](CO)CC(C)C)C(C(=O)Nc3ccc(OC)cc3)C23CC(Br)[C@@H]1O3. The van der Waals surface area contributed by atoms with Crippen LogP contribution >= 0.6 is 15.9 Å². The molecule has 2 bridgehead atoms. The number of methoxy groups -OCH3 is 1. The molecule has 2 N–H and O–H groups in total. The fourth-order valence-electron chi connectivity index (χ4n) is 5.97. The summed E-state index contributed by atoms with van der Waals surface area (Å²) in [7, 11) is 1.56. The molecular weight excluding hydrogens is 520 g/mol. The Morgan fingerprint density at radius 1 is 1.31 bits per heavy atom. The fraction of sp³-hybridized carbons (Fsp3) is 0.640. The Bertz CT molecular complexity index is 971. The largest absolute Gasteiger partial charge is 0.497 e. The number of aliphatic hydroxyl groups is 1. The van der Waals surface area contributed by atoms with Gasteiger partial charge in [-0.25, -0.2) is 0 Å². The third-order valence-corrected chi connectivity index (χ3v) is 8.08. The second kappa shape index (κ2) is 10.1. The van der Waals surface area contributed by atoms with Crippen LogP contribution in [0.5, 0.6) is 5.75 Å². The van der Waals surface area contributed by atoms with Gasteiger partial charge in [-0.2, -0.15) is 0 Å². The zero-order valence-corrected chi connectivity index (χ0v) is 22.0. The number of nitrogens with one attached hydrogen (secondary N) is 1. The lowest BCUT2D eigenvalue weighted by atomic mass is 9.70. The number of hydrogen-bond acceptors (Lipinski definition) is 7. The van der Waals surface area contributed by atoms with Crippen LogP contribution in [0, 0.1) is 17.8 Å². The van der Waals surface area contributed by atoms with Crippen LogP contribution in [0.2, 0.25) is 0 Å². The van der Waals surface area contributed by atoms with Gasteiger partial charge in [0.1, 0.15) is 17.4 Å². The van der Waals surface area contributed by atoms with Crippen molar-refractivity contribution in [3.05, 3.63) is 24.3 Å². The number of rotatable bonds is 9. The second-order valence-electron chi connectivity index (χ2n) is 9.84. The number of ether oxygens (including phenoxy) is 3. The maximum absolute atomic E-state index is 13.9. The number of benzene rings is 1. The molecule has 2 amide bonds. The molecule has 35 heavy (non-hydrogen) atoms. The topological polar surface area (TPSA) is 114 Å². The maximum Gasteiger partial charge on any atom is 0.312 e. The number of carbonyl (C=O) groups is 3. The van der Waals surface area contributed by atoms with Crippen molar-refractivity contribution in [1.29, 1.82) is 0 Å². The minimum Gasteiger partial charge on any atom is -0.497 e. The van der Waals surface area contributed by atoms with E-state index in [0.29, 0.717) is 24.3 Å². The molecule has 3 fully saturated rings. The van der Waals surface area contributed by atoms with E-state index in [0.717, 1.165) is 0 Å². The van der Waals surface area contributed by atoms with Gasteiger partial charge in [-0.05, 0) is 49.9 Å². The van der Waals surface area contributed by atoms with E-state index < -0.39 is 47.5 Å². The molecule has 3 aliphatic heterocycles. The molecule has 1 spiro atoms. The molecule has 10 heteroatoms. The highest BCUT2D eigenvalue weighted by Gasteiger charge is 2.77. The number of hydrogen-bond donors (Lipinski definition) is 2. The summed E-state index contributed by atoms with van der Waals surface area (Å²) in [5.41, 5.74) is -0.661. The van der Waals surface area contributed by atoms with Crippen molar-refractivity contribution in [2.45, 2.75) is 62.2 Å². The van der Waals surface area contributed by atoms with E-state index in [4.69, 9.17) is 14.2 Å². The zero-order chi connectivity index (χ0) is 25.5. The summed E-state index contributed by atoms with van der Waals surface area (Å²) in [4.78, 5) is 42.0. The molecule has 0 radical (unpaired) electrons. The Morgan fingerprint density at radius 3 is 2.57 bits per heavy atom. The van der Waals surface area contributed by atoms with Gasteiger partial charge in [-0.1, -0.05) is 29.8 Å². The van der Waals surface area contributed by atoms with Gasteiger partial charge in [0.05, 0.1) is 44.3 Å². The van der Waals surface area contributed by atoms with Gasteiger partial charge < -0.3 is 29.5 Å². The molecule has 3 saturated heterocycles. The quantitative estimate of drug-likeness (QED) is 0.357. The highest BCUT2D eigenvalue weighted by Crippen LogP contribution is 2.60. The third-order valence-electron chi connectivity index (χ3n) is 7.24. The van der Waals surface area contributed by atoms with Crippen LogP contribution in [-0.2, 0) is 23.9 Å². The summed E-state index contributed by atoms with van der Waals surface area (Å²) >= 11 is 3.62. The van der Waals surface area contributed by atoms with Gasteiger partial charge in [-0.3, -0.25) is 14.4 Å². The number of esters is 1. The van der Waals surface area contributed by atoms with Crippen LogP contribution in [0.15, 0.2) is 24.3 Å². The molecular formula is C25H33BrN2O7. The molecule has 9 nitrogen and oxygen atoms in total. The van der Waals surface area contributed by atoms with Gasteiger partial charge in [0.2, 0.25) is 11.8 Å². The number of likely N-dealkylation sites (tertiary alicyclic amines) is 1. The number of nitrogens with zero attached hydrogens (tertiary/aromatic N) is 1. The van der Waals surface area contributed by atoms with Crippen molar-refractivity contribution in [3.63, 3.8) is 0 Å². The van der Waals surface area contributed by atoms with Gasteiger partial charge in [0.25, 0.3) is 0 Å². The Labute approximate surface area is 213 Å². The van der Waals surface area contributed by atoms with E-state index >= 15 is 0 Å². The summed E-state index contributed by atoms with van der Waals surface area (Å²) in [5.74, 6) is -2.12. The van der Waals surface area contributed by atoms with Crippen molar-refractivity contribution in [3.8, 4) is 5.75 Å². The van der Waals surface area contributed by atoms with Crippen LogP contribution in [0.3, 0.4) is 0 Å². The van der Waals surface area contributed by atoms with E-state index in [2.05, 4.69) is 21.2 Å². The van der Waals surface area contributed by atoms with Crippen LogP contribution in [0.25, 0.3) is 0 Å². The Hall–Kier alpha value is -2.17. The highest BCUT2D eigenvalue weighted by molar-refractivity contribution is 9.09. The van der Waals surface area contributed by atoms with E-state index in [-0.39, 0.29) is 29.9 Å². The molecule has 3 heterocycles. The maximum atomic E-state index is 13.9. The Morgan fingerprint density at radius 2 is 2.00 bits per heavy atom. The molecule has 3 unspecified atom stereocenters. The first-order valence-electron chi connectivity index (χ1n) is 12.0. The summed E-state index contributed by atoms with van der Waals surface area (Å²) in [6.45, 7) is 5.58. The van der Waals surface area contributed by atoms with Crippen molar-refractivity contribution < 1.29 is 33.7 Å². The molecule has 3 aliphatic rings. The lowest BCUT2D eigenvalue weighted by molar-refractivity contribution is -0.155. The molecule has 0 saturated carbocycles. The zero-order valence-electron chi connectivity index (χ0n) is 20.4. The van der Waals surface area contributed by atoms with Crippen LogP contribution in [0.1, 0.15) is 33.6 Å². The first-order valence-corrected chi connectivity index (χ1v) is 13.0. The lowest BCUT2D eigenvalue weighted by Gasteiger charge is -2.37. The van der Waals surface area contributed by atoms with Crippen molar-refractivity contribution in [2.75, 3.05) is 25.6 Å². The summed E-state index contributed by atoms with van der Waals surface area (Å²) in [6.07, 6.45) is 0.322. The highest BCUT2D eigenvalue weighted by atomic mass is 79.9. The molecule has 1 aromatic rings. The normalized spacial score (nSPS) is 32.0. The summed E-state index contributed by atoms with van der Waals surface area (Å²) < 4.78 is 16.9. The standard InChI is InChI=1S/C25H33BrN2O7/c1-5-34-24(32)18-19-23(31)28(15(12-29)10-13(2)3)21(25(19)11-17(26)20(18)35-25)22(30)27-14-6-8-16(33-4)9-7-14/h6-9,13,15,17-21,29H,5,10-12H2,1-4H3,(H,27,30)/t15-,17?,18+,19+,20+,21?,25?/m1/s1. The molecule has 7 atom stereocenters. The average molecular weight is 553 g/mol.